The minimum atomic E-state index is -0.951. The number of carbonyl (C=O) groups is 3. The summed E-state index contributed by atoms with van der Waals surface area (Å²) in [6.07, 6.45) is -0.951. The number of para-hydroxylation sites is 1. The Morgan fingerprint density at radius 3 is 2.31 bits per heavy atom. The Morgan fingerprint density at radius 1 is 0.875 bits per heavy atom. The van der Waals surface area contributed by atoms with Crippen LogP contribution in [0, 0.1) is 5.92 Å². The third-order valence-electron chi connectivity index (χ3n) is 5.83. The van der Waals surface area contributed by atoms with Crippen LogP contribution in [0.5, 0.6) is 0 Å². The van der Waals surface area contributed by atoms with E-state index in [0.29, 0.717) is 11.3 Å². The van der Waals surface area contributed by atoms with Gasteiger partial charge in [-0.3, -0.25) is 19.2 Å². The molecule has 7 heteroatoms. The minimum Gasteiger partial charge on any atom is -0.295 e. The monoisotopic (exact) mass is 490 g/mol. The summed E-state index contributed by atoms with van der Waals surface area (Å²) in [7, 11) is 0. The van der Waals surface area contributed by atoms with E-state index in [0.717, 1.165) is 20.6 Å². The summed E-state index contributed by atoms with van der Waals surface area (Å²) in [6.45, 7) is 1.45. The maximum Gasteiger partial charge on any atom is 0.266 e. The quantitative estimate of drug-likeness (QED) is 0.391. The maximum absolute atomic E-state index is 13.6. The Labute approximate surface area is 193 Å². The molecule has 0 radical (unpaired) electrons. The molecule has 0 spiro atoms. The Morgan fingerprint density at radius 2 is 1.59 bits per heavy atom. The van der Waals surface area contributed by atoms with E-state index in [2.05, 4.69) is 15.9 Å². The van der Waals surface area contributed by atoms with Gasteiger partial charge in [-0.15, -0.1) is 0 Å². The van der Waals surface area contributed by atoms with Crippen LogP contribution < -0.4 is 9.96 Å². The van der Waals surface area contributed by atoms with Crippen molar-refractivity contribution in [3.05, 3.63) is 94.5 Å². The van der Waals surface area contributed by atoms with Crippen molar-refractivity contribution in [3.8, 4) is 0 Å². The summed E-state index contributed by atoms with van der Waals surface area (Å²) in [5.74, 6) is -1.63. The molecule has 3 aromatic rings. The first-order valence-electron chi connectivity index (χ1n) is 10.2. The summed E-state index contributed by atoms with van der Waals surface area (Å²) in [6, 6.07) is 23.2. The standard InChI is InChI=1S/C25H19BrN2O4/c1-15(29)16-7-6-12-20(14-16)27-24(30)21-22(17-8-5-9-18(26)13-17)28(32-23(21)25(27)31)19-10-3-2-4-11-19/h2-14,21-23H,1H3/t21-,22+,23-/m1/s1. The molecule has 0 aromatic heterocycles. The Hall–Kier alpha value is -3.29. The topological polar surface area (TPSA) is 66.9 Å². The zero-order valence-electron chi connectivity index (χ0n) is 17.1. The summed E-state index contributed by atoms with van der Waals surface area (Å²) < 4.78 is 0.870. The van der Waals surface area contributed by atoms with Crippen LogP contribution in [0.25, 0.3) is 0 Å². The second-order valence-electron chi connectivity index (χ2n) is 7.83. The molecular weight excluding hydrogens is 472 g/mol. The number of hydroxylamine groups is 1. The molecule has 2 aliphatic rings. The molecule has 32 heavy (non-hydrogen) atoms. The van der Waals surface area contributed by atoms with Gasteiger partial charge in [0.2, 0.25) is 5.91 Å². The molecule has 160 valence electrons. The third-order valence-corrected chi connectivity index (χ3v) is 6.32. The van der Waals surface area contributed by atoms with Gasteiger partial charge in [-0.2, -0.15) is 0 Å². The van der Waals surface area contributed by atoms with Gasteiger partial charge in [0.05, 0.1) is 17.4 Å². The number of halogens is 1. The second-order valence-corrected chi connectivity index (χ2v) is 8.75. The molecule has 0 bridgehead atoms. The van der Waals surface area contributed by atoms with Gasteiger partial charge in [0.15, 0.2) is 11.9 Å². The van der Waals surface area contributed by atoms with Crippen molar-refractivity contribution in [2.45, 2.75) is 19.1 Å². The van der Waals surface area contributed by atoms with Crippen molar-refractivity contribution in [1.82, 2.24) is 0 Å². The highest BCUT2D eigenvalue weighted by atomic mass is 79.9. The Kier molecular flexibility index (Phi) is 5.15. The van der Waals surface area contributed by atoms with Crippen molar-refractivity contribution < 1.29 is 19.2 Å². The minimum absolute atomic E-state index is 0.135. The highest BCUT2D eigenvalue weighted by Gasteiger charge is 2.60. The first-order valence-corrected chi connectivity index (χ1v) is 11.0. The van der Waals surface area contributed by atoms with Crippen LogP contribution >= 0.6 is 15.9 Å². The van der Waals surface area contributed by atoms with E-state index in [9.17, 15) is 14.4 Å². The highest BCUT2D eigenvalue weighted by Crippen LogP contribution is 2.47. The molecule has 0 N–H and O–H groups in total. The number of carbonyl (C=O) groups excluding carboxylic acids is 3. The average Bonchev–Trinajstić information content (AvgIpc) is 3.30. The zero-order valence-corrected chi connectivity index (χ0v) is 18.7. The van der Waals surface area contributed by atoms with Gasteiger partial charge >= 0.3 is 0 Å². The first kappa shape index (κ1) is 20.6. The number of Topliss-reactive ketones (excluding diaryl/α,β-unsaturated/α-hetero) is 1. The van der Waals surface area contributed by atoms with Gasteiger partial charge in [0.1, 0.15) is 5.92 Å². The lowest BCUT2D eigenvalue weighted by molar-refractivity contribution is -0.126. The van der Waals surface area contributed by atoms with Gasteiger partial charge in [0.25, 0.3) is 5.91 Å². The number of anilines is 2. The van der Waals surface area contributed by atoms with E-state index in [4.69, 9.17) is 4.84 Å². The van der Waals surface area contributed by atoms with Crippen molar-refractivity contribution in [3.63, 3.8) is 0 Å². The number of benzene rings is 3. The second kappa shape index (κ2) is 8.00. The van der Waals surface area contributed by atoms with Crippen LogP contribution in [-0.4, -0.2) is 23.7 Å². The van der Waals surface area contributed by atoms with Crippen molar-refractivity contribution >= 4 is 44.9 Å². The number of imide groups is 1. The number of hydrogen-bond acceptors (Lipinski definition) is 5. The highest BCUT2D eigenvalue weighted by molar-refractivity contribution is 9.10. The van der Waals surface area contributed by atoms with Gasteiger partial charge in [0, 0.05) is 10.0 Å². The molecule has 6 nitrogen and oxygen atoms in total. The predicted molar refractivity (Wildman–Crippen MR) is 123 cm³/mol. The van der Waals surface area contributed by atoms with Crippen LogP contribution in [0.4, 0.5) is 11.4 Å². The van der Waals surface area contributed by atoms with E-state index < -0.39 is 24.0 Å². The van der Waals surface area contributed by atoms with Crippen LogP contribution in [0.1, 0.15) is 28.9 Å². The fourth-order valence-electron chi connectivity index (χ4n) is 4.36. The smallest absolute Gasteiger partial charge is 0.266 e. The van der Waals surface area contributed by atoms with Crippen molar-refractivity contribution in [2.75, 3.05) is 9.96 Å². The molecule has 3 atom stereocenters. The number of rotatable bonds is 4. The molecule has 0 aliphatic carbocycles. The fourth-order valence-corrected chi connectivity index (χ4v) is 4.78. The van der Waals surface area contributed by atoms with Crippen molar-refractivity contribution in [1.29, 1.82) is 0 Å². The van der Waals surface area contributed by atoms with Gasteiger partial charge in [-0.1, -0.05) is 58.4 Å². The van der Waals surface area contributed by atoms with E-state index in [1.54, 1.807) is 29.3 Å². The first-order chi connectivity index (χ1) is 15.5. The molecule has 5 rings (SSSR count). The SMILES string of the molecule is CC(=O)c1cccc(N2C(=O)[C@H]3[C@@H](ON(c4ccccc4)[C@H]3c3cccc(Br)c3)C2=O)c1. The van der Waals surface area contributed by atoms with Crippen LogP contribution in [0.15, 0.2) is 83.3 Å². The number of amides is 2. The molecule has 2 fully saturated rings. The molecule has 2 heterocycles. The van der Waals surface area contributed by atoms with E-state index >= 15 is 0 Å². The van der Waals surface area contributed by atoms with E-state index in [1.165, 1.54) is 6.92 Å². The van der Waals surface area contributed by atoms with Crippen LogP contribution in [0.2, 0.25) is 0 Å². The molecule has 3 aromatic carbocycles. The maximum atomic E-state index is 13.6. The molecule has 2 amide bonds. The number of hydrogen-bond donors (Lipinski definition) is 0. The van der Waals surface area contributed by atoms with Crippen LogP contribution in [0.3, 0.4) is 0 Å². The summed E-state index contributed by atoms with van der Waals surface area (Å²) in [4.78, 5) is 46.1. The summed E-state index contributed by atoms with van der Waals surface area (Å²) in [5.41, 5.74) is 2.44. The molecule has 2 aliphatic heterocycles. The van der Waals surface area contributed by atoms with E-state index in [-0.39, 0.29) is 11.7 Å². The lowest BCUT2D eigenvalue weighted by Crippen LogP contribution is -2.37. The molecule has 2 saturated heterocycles. The van der Waals surface area contributed by atoms with Gasteiger partial charge in [-0.05, 0) is 48.9 Å². The number of ketones is 1. The number of nitrogens with zero attached hydrogens (tertiary/aromatic N) is 2. The van der Waals surface area contributed by atoms with E-state index in [1.807, 2.05) is 54.6 Å². The van der Waals surface area contributed by atoms with Gasteiger partial charge < -0.3 is 0 Å². The lowest BCUT2D eigenvalue weighted by Gasteiger charge is -2.29. The zero-order chi connectivity index (χ0) is 22.4. The molecular formula is C25H19BrN2O4. The molecule has 0 saturated carbocycles. The largest absolute Gasteiger partial charge is 0.295 e. The fraction of sp³-hybridized carbons (Fsp3) is 0.160. The van der Waals surface area contributed by atoms with Gasteiger partial charge in [-0.25, -0.2) is 9.96 Å². The summed E-state index contributed by atoms with van der Waals surface area (Å²) >= 11 is 3.50. The third kappa shape index (κ3) is 3.34. The van der Waals surface area contributed by atoms with Crippen molar-refractivity contribution in [2.24, 2.45) is 5.92 Å². The molecule has 0 unspecified atom stereocenters. The lowest BCUT2D eigenvalue weighted by atomic mass is 9.90. The number of fused-ring (bicyclic) bond motifs is 1. The average molecular weight is 491 g/mol. The predicted octanol–water partition coefficient (Wildman–Crippen LogP) is 4.70. The Balaban J connectivity index is 1.58. The Bertz CT molecular complexity index is 1230. The van der Waals surface area contributed by atoms with Crippen LogP contribution in [-0.2, 0) is 14.4 Å². The summed E-state index contributed by atoms with van der Waals surface area (Å²) in [5, 5.41) is 1.66. The normalized spacial score (nSPS) is 22.4.